The van der Waals surface area contributed by atoms with E-state index in [9.17, 15) is 22.8 Å². The van der Waals surface area contributed by atoms with Gasteiger partial charge in [0.2, 0.25) is 0 Å². The zero-order chi connectivity index (χ0) is 19.3. The van der Waals surface area contributed by atoms with Crippen molar-refractivity contribution in [3.63, 3.8) is 0 Å². The van der Waals surface area contributed by atoms with E-state index in [1.54, 1.807) is 0 Å². The van der Waals surface area contributed by atoms with Crippen LogP contribution in [-0.2, 0) is 15.8 Å². The Bertz CT molecular complexity index is 795. The summed E-state index contributed by atoms with van der Waals surface area (Å²) in [5, 5.41) is 4.45. The van der Waals surface area contributed by atoms with E-state index in [1.165, 1.54) is 0 Å². The monoisotopic (exact) mass is 384 g/mol. The van der Waals surface area contributed by atoms with Gasteiger partial charge in [0.25, 0.3) is 0 Å². The van der Waals surface area contributed by atoms with Crippen LogP contribution in [0, 0.1) is 0 Å². The number of carbonyl (C=O) groups is 2. The molecule has 2 amide bonds. The van der Waals surface area contributed by atoms with Gasteiger partial charge < -0.3 is 10.6 Å². The van der Waals surface area contributed by atoms with E-state index in [0.29, 0.717) is 6.07 Å². The number of carbonyl (C=O) groups excluding carboxylic acids is 2. The van der Waals surface area contributed by atoms with E-state index in [2.05, 4.69) is 10.6 Å². The number of anilines is 1. The van der Waals surface area contributed by atoms with Gasteiger partial charge in [0.1, 0.15) is 0 Å². The third-order valence-corrected chi connectivity index (χ3v) is 4.02. The summed E-state index contributed by atoms with van der Waals surface area (Å²) >= 11 is 5.79. The number of amides is 2. The average molecular weight is 385 g/mol. The Kier molecular flexibility index (Phi) is 6.26. The van der Waals surface area contributed by atoms with Crippen molar-refractivity contribution in [2.24, 2.45) is 0 Å². The third kappa shape index (κ3) is 5.23. The van der Waals surface area contributed by atoms with Gasteiger partial charge in [-0.3, -0.25) is 9.59 Å². The second-order valence-corrected chi connectivity index (χ2v) is 6.08. The first kappa shape index (κ1) is 19.8. The molecule has 0 saturated carbocycles. The van der Waals surface area contributed by atoms with E-state index in [-0.39, 0.29) is 23.2 Å². The molecule has 2 N–H and O–H groups in total. The SMILES string of the molecule is C[C@H](CNC(=O)C(=O)Nc1cc(C(F)(F)F)ccc1Cl)c1ccccc1. The molecule has 0 heterocycles. The second kappa shape index (κ2) is 8.23. The molecular formula is C18H16ClF3N2O2. The lowest BCUT2D eigenvalue weighted by Gasteiger charge is -2.14. The van der Waals surface area contributed by atoms with Crippen LogP contribution in [0.15, 0.2) is 48.5 Å². The predicted molar refractivity (Wildman–Crippen MR) is 93.0 cm³/mol. The van der Waals surface area contributed by atoms with Crippen molar-refractivity contribution >= 4 is 29.1 Å². The molecule has 0 aliphatic heterocycles. The largest absolute Gasteiger partial charge is 0.416 e. The summed E-state index contributed by atoms with van der Waals surface area (Å²) in [5.41, 5.74) is -0.276. The average Bonchev–Trinajstić information content (AvgIpc) is 2.60. The first-order chi connectivity index (χ1) is 12.2. The smallest absolute Gasteiger partial charge is 0.347 e. The summed E-state index contributed by atoms with van der Waals surface area (Å²) in [4.78, 5) is 23.8. The maximum Gasteiger partial charge on any atom is 0.416 e. The van der Waals surface area contributed by atoms with Crippen LogP contribution in [0.25, 0.3) is 0 Å². The molecular weight excluding hydrogens is 369 g/mol. The molecule has 0 radical (unpaired) electrons. The number of alkyl halides is 3. The lowest BCUT2D eigenvalue weighted by atomic mass is 10.0. The summed E-state index contributed by atoms with van der Waals surface area (Å²) in [5.74, 6) is -2.09. The Morgan fingerprint density at radius 3 is 2.35 bits per heavy atom. The molecule has 2 aromatic carbocycles. The molecule has 0 spiro atoms. The van der Waals surface area contributed by atoms with Crippen LogP contribution in [0.4, 0.5) is 18.9 Å². The molecule has 2 rings (SSSR count). The summed E-state index contributed by atoms with van der Waals surface area (Å²) in [6, 6.07) is 11.8. The van der Waals surface area contributed by atoms with Gasteiger partial charge >= 0.3 is 18.0 Å². The molecule has 0 unspecified atom stereocenters. The third-order valence-electron chi connectivity index (χ3n) is 3.69. The number of benzene rings is 2. The minimum atomic E-state index is -4.59. The van der Waals surface area contributed by atoms with Crippen molar-refractivity contribution in [2.45, 2.75) is 19.0 Å². The van der Waals surface area contributed by atoms with Crippen LogP contribution >= 0.6 is 11.6 Å². The second-order valence-electron chi connectivity index (χ2n) is 5.67. The van der Waals surface area contributed by atoms with Gasteiger partial charge in [0.15, 0.2) is 0 Å². The van der Waals surface area contributed by atoms with E-state index in [4.69, 9.17) is 11.6 Å². The molecule has 0 aliphatic rings. The van der Waals surface area contributed by atoms with Crippen LogP contribution < -0.4 is 10.6 Å². The summed E-state index contributed by atoms with van der Waals surface area (Å²) in [6.07, 6.45) is -4.59. The first-order valence-corrected chi connectivity index (χ1v) is 8.07. The predicted octanol–water partition coefficient (Wildman–Crippen LogP) is 4.22. The van der Waals surface area contributed by atoms with E-state index in [1.807, 2.05) is 37.3 Å². The summed E-state index contributed by atoms with van der Waals surface area (Å²) in [7, 11) is 0. The first-order valence-electron chi connectivity index (χ1n) is 7.69. The van der Waals surface area contributed by atoms with Gasteiger partial charge in [-0.1, -0.05) is 48.9 Å². The minimum Gasteiger partial charge on any atom is -0.347 e. The Morgan fingerprint density at radius 2 is 1.73 bits per heavy atom. The maximum absolute atomic E-state index is 12.7. The van der Waals surface area contributed by atoms with E-state index >= 15 is 0 Å². The Labute approximate surface area is 153 Å². The van der Waals surface area contributed by atoms with Gasteiger partial charge in [-0.2, -0.15) is 13.2 Å². The molecule has 0 fully saturated rings. The van der Waals surface area contributed by atoms with Gasteiger partial charge in [-0.15, -0.1) is 0 Å². The van der Waals surface area contributed by atoms with E-state index < -0.39 is 23.6 Å². The normalized spacial score (nSPS) is 12.3. The lowest BCUT2D eigenvalue weighted by molar-refractivity contribution is -0.137. The molecule has 1 atom stereocenters. The number of halogens is 4. The van der Waals surface area contributed by atoms with Crippen LogP contribution in [0.2, 0.25) is 5.02 Å². The van der Waals surface area contributed by atoms with Crippen LogP contribution in [0.5, 0.6) is 0 Å². The standard InChI is InChI=1S/C18H16ClF3N2O2/c1-11(12-5-3-2-4-6-12)10-23-16(25)17(26)24-15-9-13(18(20,21)22)7-8-14(15)19/h2-9,11H,10H2,1H3,(H,23,25)(H,24,26)/t11-/m1/s1. The molecule has 138 valence electrons. The topological polar surface area (TPSA) is 58.2 Å². The minimum absolute atomic E-state index is 0.0369. The highest BCUT2D eigenvalue weighted by molar-refractivity contribution is 6.41. The Balaban J connectivity index is 1.98. The van der Waals surface area contributed by atoms with Crippen molar-refractivity contribution < 1.29 is 22.8 Å². The van der Waals surface area contributed by atoms with Crippen molar-refractivity contribution in [3.05, 3.63) is 64.7 Å². The summed E-state index contributed by atoms with van der Waals surface area (Å²) < 4.78 is 38.2. The van der Waals surface area contributed by atoms with Crippen LogP contribution in [0.3, 0.4) is 0 Å². The zero-order valence-corrected chi connectivity index (χ0v) is 14.5. The van der Waals surface area contributed by atoms with Gasteiger partial charge in [-0.05, 0) is 29.7 Å². The van der Waals surface area contributed by atoms with Gasteiger partial charge in [0, 0.05) is 6.54 Å². The van der Waals surface area contributed by atoms with E-state index in [0.717, 1.165) is 17.7 Å². The number of hydrogen-bond acceptors (Lipinski definition) is 2. The Hall–Kier alpha value is -2.54. The molecule has 0 saturated heterocycles. The number of rotatable bonds is 4. The van der Waals surface area contributed by atoms with Gasteiger partial charge in [0.05, 0.1) is 16.3 Å². The molecule has 26 heavy (non-hydrogen) atoms. The maximum atomic E-state index is 12.7. The molecule has 0 bridgehead atoms. The van der Waals surface area contributed by atoms with Gasteiger partial charge in [-0.25, -0.2) is 0 Å². The zero-order valence-electron chi connectivity index (χ0n) is 13.7. The highest BCUT2D eigenvalue weighted by Gasteiger charge is 2.31. The molecule has 2 aromatic rings. The molecule has 0 aromatic heterocycles. The van der Waals surface area contributed by atoms with Crippen LogP contribution in [0.1, 0.15) is 24.0 Å². The fraction of sp³-hybridized carbons (Fsp3) is 0.222. The fourth-order valence-electron chi connectivity index (χ4n) is 2.20. The molecule has 4 nitrogen and oxygen atoms in total. The number of hydrogen-bond donors (Lipinski definition) is 2. The summed E-state index contributed by atoms with van der Waals surface area (Å²) in [6.45, 7) is 2.07. The molecule has 8 heteroatoms. The Morgan fingerprint density at radius 1 is 1.08 bits per heavy atom. The van der Waals surface area contributed by atoms with Crippen molar-refractivity contribution in [3.8, 4) is 0 Å². The fourth-order valence-corrected chi connectivity index (χ4v) is 2.37. The highest BCUT2D eigenvalue weighted by Crippen LogP contribution is 2.33. The van der Waals surface area contributed by atoms with Crippen molar-refractivity contribution in [1.82, 2.24) is 5.32 Å². The van der Waals surface area contributed by atoms with Crippen molar-refractivity contribution in [1.29, 1.82) is 0 Å². The quantitative estimate of drug-likeness (QED) is 0.775. The lowest BCUT2D eigenvalue weighted by Crippen LogP contribution is -2.37. The van der Waals surface area contributed by atoms with Crippen molar-refractivity contribution in [2.75, 3.05) is 11.9 Å². The highest BCUT2D eigenvalue weighted by atomic mass is 35.5. The van der Waals surface area contributed by atoms with Crippen LogP contribution in [-0.4, -0.2) is 18.4 Å². The molecule has 0 aliphatic carbocycles. The number of nitrogens with one attached hydrogen (secondary N) is 2.